The van der Waals surface area contributed by atoms with Crippen molar-refractivity contribution in [3.63, 3.8) is 0 Å². The first-order chi connectivity index (χ1) is 15.1. The summed E-state index contributed by atoms with van der Waals surface area (Å²) < 4.78 is 4.19. The molecule has 0 aliphatic rings. The minimum absolute atomic E-state index is 0.708. The Balaban J connectivity index is 1.53. The van der Waals surface area contributed by atoms with Crippen LogP contribution in [0.25, 0.3) is 22.7 Å². The maximum Gasteiger partial charge on any atom is 0.196 e. The van der Waals surface area contributed by atoms with Crippen molar-refractivity contribution in [1.82, 2.24) is 29.1 Å². The van der Waals surface area contributed by atoms with E-state index in [1.165, 1.54) is 16.7 Å². The molecule has 0 amide bonds. The van der Waals surface area contributed by atoms with Crippen molar-refractivity contribution in [3.8, 4) is 17.1 Å². The molecule has 31 heavy (non-hydrogen) atoms. The molecule has 0 bridgehead atoms. The Morgan fingerprint density at radius 3 is 2.52 bits per heavy atom. The summed E-state index contributed by atoms with van der Waals surface area (Å²) in [6.45, 7) is 6.33. The second-order valence-corrected chi connectivity index (χ2v) is 8.58. The van der Waals surface area contributed by atoms with Gasteiger partial charge in [-0.25, -0.2) is 4.98 Å². The van der Waals surface area contributed by atoms with Crippen molar-refractivity contribution >= 4 is 17.4 Å². The van der Waals surface area contributed by atoms with E-state index in [1.54, 1.807) is 24.2 Å². The number of nitrogens with zero attached hydrogens (tertiary/aromatic N) is 6. The van der Waals surface area contributed by atoms with E-state index in [4.69, 9.17) is 4.98 Å². The molecular formula is C24H22N6S. The van der Waals surface area contributed by atoms with Gasteiger partial charge in [-0.1, -0.05) is 23.9 Å². The van der Waals surface area contributed by atoms with E-state index in [9.17, 15) is 0 Å². The number of imidazole rings is 1. The van der Waals surface area contributed by atoms with Crippen molar-refractivity contribution in [2.45, 2.75) is 31.7 Å². The highest BCUT2D eigenvalue weighted by molar-refractivity contribution is 7.98. The number of fused-ring (bicyclic) bond motifs is 1. The minimum atomic E-state index is 0.708. The molecule has 0 radical (unpaired) electrons. The Morgan fingerprint density at radius 1 is 0.871 bits per heavy atom. The summed E-state index contributed by atoms with van der Waals surface area (Å²) in [6, 6.07) is 14.5. The average Bonchev–Trinajstić information content (AvgIpc) is 3.38. The van der Waals surface area contributed by atoms with Gasteiger partial charge in [-0.3, -0.25) is 9.55 Å². The molecule has 0 atom stereocenters. The number of hydrogen-bond acceptors (Lipinski definition) is 5. The van der Waals surface area contributed by atoms with Crippen LogP contribution in [0.4, 0.5) is 0 Å². The van der Waals surface area contributed by atoms with Gasteiger partial charge in [-0.2, -0.15) is 0 Å². The van der Waals surface area contributed by atoms with Gasteiger partial charge in [0.15, 0.2) is 11.0 Å². The number of hydrogen-bond donors (Lipinski definition) is 0. The summed E-state index contributed by atoms with van der Waals surface area (Å²) in [5.74, 6) is 1.51. The number of pyridine rings is 2. The van der Waals surface area contributed by atoms with Gasteiger partial charge in [-0.05, 0) is 67.8 Å². The molecule has 154 valence electrons. The molecule has 0 unspecified atom stereocenters. The van der Waals surface area contributed by atoms with Gasteiger partial charge in [0.25, 0.3) is 0 Å². The van der Waals surface area contributed by atoms with Crippen molar-refractivity contribution in [3.05, 3.63) is 89.6 Å². The molecule has 0 aliphatic carbocycles. The zero-order valence-electron chi connectivity index (χ0n) is 17.6. The lowest BCUT2D eigenvalue weighted by molar-refractivity contribution is 0.883. The molecule has 4 heterocycles. The predicted octanol–water partition coefficient (Wildman–Crippen LogP) is 5.19. The van der Waals surface area contributed by atoms with Crippen LogP contribution >= 0.6 is 11.8 Å². The zero-order valence-corrected chi connectivity index (χ0v) is 18.5. The molecule has 4 aromatic heterocycles. The second-order valence-electron chi connectivity index (χ2n) is 7.64. The fourth-order valence-corrected chi connectivity index (χ4v) is 4.35. The third-order valence-electron chi connectivity index (χ3n) is 5.32. The molecule has 5 aromatic rings. The molecule has 0 spiro atoms. The van der Waals surface area contributed by atoms with E-state index in [2.05, 4.69) is 81.6 Å². The van der Waals surface area contributed by atoms with Gasteiger partial charge in [0.1, 0.15) is 5.65 Å². The Morgan fingerprint density at radius 2 is 1.71 bits per heavy atom. The van der Waals surface area contributed by atoms with Crippen LogP contribution in [0.15, 0.2) is 72.4 Å². The molecule has 0 aliphatic heterocycles. The van der Waals surface area contributed by atoms with Crippen LogP contribution in [0.1, 0.15) is 22.4 Å². The maximum absolute atomic E-state index is 4.74. The van der Waals surface area contributed by atoms with Gasteiger partial charge in [-0.15, -0.1) is 10.2 Å². The topological polar surface area (TPSA) is 60.9 Å². The Hall–Kier alpha value is -3.45. The Labute approximate surface area is 185 Å². The highest BCUT2D eigenvalue weighted by atomic mass is 32.2. The summed E-state index contributed by atoms with van der Waals surface area (Å²) in [4.78, 5) is 8.87. The summed E-state index contributed by atoms with van der Waals surface area (Å²) in [6.07, 6.45) is 7.73. The van der Waals surface area contributed by atoms with Gasteiger partial charge in [0.05, 0.1) is 11.4 Å². The molecular weight excluding hydrogens is 404 g/mol. The highest BCUT2D eigenvalue weighted by Crippen LogP contribution is 2.30. The van der Waals surface area contributed by atoms with Gasteiger partial charge < -0.3 is 4.40 Å². The van der Waals surface area contributed by atoms with Crippen LogP contribution in [0, 0.1) is 20.8 Å². The van der Waals surface area contributed by atoms with Gasteiger partial charge >= 0.3 is 0 Å². The lowest BCUT2D eigenvalue weighted by atomic mass is 10.1. The van der Waals surface area contributed by atoms with Crippen molar-refractivity contribution in [1.29, 1.82) is 0 Å². The van der Waals surface area contributed by atoms with E-state index in [-0.39, 0.29) is 0 Å². The molecule has 1 aromatic carbocycles. The van der Waals surface area contributed by atoms with E-state index in [0.717, 1.165) is 33.6 Å². The van der Waals surface area contributed by atoms with Gasteiger partial charge in [0, 0.05) is 36.1 Å². The molecule has 0 saturated heterocycles. The van der Waals surface area contributed by atoms with E-state index in [0.29, 0.717) is 5.75 Å². The van der Waals surface area contributed by atoms with Crippen LogP contribution in [0.5, 0.6) is 0 Å². The summed E-state index contributed by atoms with van der Waals surface area (Å²) in [5.41, 5.74) is 7.70. The van der Waals surface area contributed by atoms with Crippen LogP contribution in [-0.4, -0.2) is 29.1 Å². The molecule has 5 rings (SSSR count). The maximum atomic E-state index is 4.74. The first-order valence-corrected chi connectivity index (χ1v) is 11.1. The van der Waals surface area contributed by atoms with E-state index < -0.39 is 0 Å². The number of aromatic nitrogens is 6. The second kappa shape index (κ2) is 8.00. The highest BCUT2D eigenvalue weighted by Gasteiger charge is 2.17. The first-order valence-electron chi connectivity index (χ1n) is 10.1. The molecule has 0 saturated carbocycles. The van der Waals surface area contributed by atoms with Crippen molar-refractivity contribution in [2.24, 2.45) is 0 Å². The summed E-state index contributed by atoms with van der Waals surface area (Å²) in [5, 5.41) is 9.88. The number of aryl methyl sites for hydroxylation is 3. The van der Waals surface area contributed by atoms with E-state index in [1.807, 2.05) is 18.2 Å². The summed E-state index contributed by atoms with van der Waals surface area (Å²) >= 11 is 1.64. The molecule has 0 N–H and O–H groups in total. The summed E-state index contributed by atoms with van der Waals surface area (Å²) in [7, 11) is 0. The Bertz CT molecular complexity index is 1370. The predicted molar refractivity (Wildman–Crippen MR) is 124 cm³/mol. The number of rotatable bonds is 5. The quantitative estimate of drug-likeness (QED) is 0.362. The number of thioether (sulfide) groups is 1. The van der Waals surface area contributed by atoms with Crippen LogP contribution in [0.2, 0.25) is 0 Å². The third-order valence-corrected chi connectivity index (χ3v) is 6.28. The Kier molecular flexibility index (Phi) is 5.03. The zero-order chi connectivity index (χ0) is 21.4. The minimum Gasteiger partial charge on any atom is -0.307 e. The lowest BCUT2D eigenvalue weighted by Gasteiger charge is -2.12. The van der Waals surface area contributed by atoms with Crippen molar-refractivity contribution in [2.75, 3.05) is 0 Å². The molecule has 7 heteroatoms. The molecule has 6 nitrogen and oxygen atoms in total. The first kappa shape index (κ1) is 19.5. The number of benzene rings is 1. The third kappa shape index (κ3) is 3.84. The van der Waals surface area contributed by atoms with E-state index >= 15 is 0 Å². The SMILES string of the molecule is Cc1ccc2nc(CSc3nnc(-c4ccncc4)n3-c3ccc(C)c(C)c3)cn2c1. The van der Waals surface area contributed by atoms with Crippen LogP contribution in [0.3, 0.4) is 0 Å². The smallest absolute Gasteiger partial charge is 0.196 e. The van der Waals surface area contributed by atoms with Crippen LogP contribution in [-0.2, 0) is 5.75 Å². The average molecular weight is 427 g/mol. The normalized spacial score (nSPS) is 11.3. The fourth-order valence-electron chi connectivity index (χ4n) is 3.51. The molecule has 0 fully saturated rings. The largest absolute Gasteiger partial charge is 0.307 e. The fraction of sp³-hybridized carbons (Fsp3) is 0.167. The van der Waals surface area contributed by atoms with Gasteiger partial charge in [0.2, 0.25) is 0 Å². The lowest BCUT2D eigenvalue weighted by Crippen LogP contribution is -2.01. The van der Waals surface area contributed by atoms with Crippen molar-refractivity contribution < 1.29 is 0 Å². The standard InChI is InChI=1S/C24H22N6S/c1-16-4-7-22-26-20(14-29(22)13-16)15-31-24-28-27-23(19-8-10-25-11-9-19)30(24)21-6-5-17(2)18(3)12-21/h4-14H,15H2,1-3H3. The van der Waals surface area contributed by atoms with Crippen LogP contribution < -0.4 is 0 Å². The monoisotopic (exact) mass is 426 g/mol.